The Morgan fingerprint density at radius 1 is 0.267 bits per heavy atom. The van der Waals surface area contributed by atoms with E-state index in [1.807, 2.05) is 24.3 Å². The SMILES string of the molecule is c1ccc(-c2cc(-c3ccccc3)c(-c3ccc(-c4nc5ccccc5n4-c4ccccc4)cc3)nc2-c2ccc(-c3nc4ccccc4n3-c3ccccc3)cc2)cc1. The van der Waals surface area contributed by atoms with Gasteiger partial charge in [0.25, 0.3) is 0 Å². The molecule has 0 aliphatic heterocycles. The van der Waals surface area contributed by atoms with Gasteiger partial charge in [0.05, 0.1) is 33.5 Å². The molecule has 0 aliphatic carbocycles. The highest BCUT2D eigenvalue weighted by molar-refractivity contribution is 5.92. The highest BCUT2D eigenvalue weighted by atomic mass is 15.1. The average Bonchev–Trinajstić information content (AvgIpc) is 3.92. The number of para-hydroxylation sites is 6. The predicted molar refractivity (Wildman–Crippen MR) is 246 cm³/mol. The molecule has 3 aromatic heterocycles. The van der Waals surface area contributed by atoms with Gasteiger partial charge in [0.15, 0.2) is 0 Å². The fourth-order valence-electron chi connectivity index (χ4n) is 8.30. The number of imidazole rings is 2. The number of hydrogen-bond acceptors (Lipinski definition) is 3. The number of hydrogen-bond donors (Lipinski definition) is 0. The molecule has 0 unspecified atom stereocenters. The minimum atomic E-state index is 0.895. The topological polar surface area (TPSA) is 48.5 Å². The summed E-state index contributed by atoms with van der Waals surface area (Å²) in [6.07, 6.45) is 0. The summed E-state index contributed by atoms with van der Waals surface area (Å²) in [4.78, 5) is 15.9. The Hall–Kier alpha value is -8.15. The fourth-order valence-corrected chi connectivity index (χ4v) is 8.30. The Morgan fingerprint density at radius 3 is 1.00 bits per heavy atom. The van der Waals surface area contributed by atoms with Crippen LogP contribution in [0.25, 0.3) is 101 Å². The molecule has 0 fully saturated rings. The molecule has 0 spiro atoms. The summed E-state index contributed by atoms with van der Waals surface area (Å²) in [5.74, 6) is 1.79. The largest absolute Gasteiger partial charge is 0.292 e. The van der Waals surface area contributed by atoms with Crippen LogP contribution in [0.2, 0.25) is 0 Å². The van der Waals surface area contributed by atoms with Gasteiger partial charge in [-0.15, -0.1) is 0 Å². The van der Waals surface area contributed by atoms with E-state index in [9.17, 15) is 0 Å². The van der Waals surface area contributed by atoms with Crippen LogP contribution in [0.3, 0.4) is 0 Å². The van der Waals surface area contributed by atoms with Crippen LogP contribution in [0, 0.1) is 0 Å². The van der Waals surface area contributed by atoms with Gasteiger partial charge in [-0.3, -0.25) is 9.13 Å². The molecular formula is C55H37N5. The summed E-state index contributed by atoms with van der Waals surface area (Å²) in [7, 11) is 0. The summed E-state index contributed by atoms with van der Waals surface area (Å²) in [6.45, 7) is 0. The van der Waals surface area contributed by atoms with Crippen LogP contribution in [-0.2, 0) is 0 Å². The Balaban J connectivity index is 1.06. The first kappa shape index (κ1) is 35.0. The lowest BCUT2D eigenvalue weighted by Crippen LogP contribution is -1.99. The van der Waals surface area contributed by atoms with Crippen LogP contribution in [0.1, 0.15) is 0 Å². The minimum Gasteiger partial charge on any atom is -0.292 e. The second-order valence-corrected chi connectivity index (χ2v) is 14.9. The van der Waals surface area contributed by atoms with Gasteiger partial charge in [-0.05, 0) is 65.7 Å². The summed E-state index contributed by atoms with van der Waals surface area (Å²) in [6, 6.07) is 78.4. The lowest BCUT2D eigenvalue weighted by atomic mass is 9.91. The van der Waals surface area contributed by atoms with E-state index >= 15 is 0 Å². The van der Waals surface area contributed by atoms with Crippen molar-refractivity contribution in [2.75, 3.05) is 0 Å². The number of nitrogens with zero attached hydrogens (tertiary/aromatic N) is 5. The van der Waals surface area contributed by atoms with Crippen molar-refractivity contribution in [3.05, 3.63) is 224 Å². The maximum Gasteiger partial charge on any atom is 0.145 e. The van der Waals surface area contributed by atoms with E-state index in [2.05, 4.69) is 209 Å². The molecule has 11 rings (SSSR count). The molecule has 8 aromatic carbocycles. The second kappa shape index (κ2) is 15.0. The van der Waals surface area contributed by atoms with Gasteiger partial charge < -0.3 is 0 Å². The number of rotatable bonds is 8. The van der Waals surface area contributed by atoms with Crippen LogP contribution in [0.5, 0.6) is 0 Å². The highest BCUT2D eigenvalue weighted by Crippen LogP contribution is 2.41. The van der Waals surface area contributed by atoms with Crippen LogP contribution >= 0.6 is 0 Å². The van der Waals surface area contributed by atoms with E-state index in [-0.39, 0.29) is 0 Å². The van der Waals surface area contributed by atoms with E-state index < -0.39 is 0 Å². The maximum atomic E-state index is 5.63. The summed E-state index contributed by atoms with van der Waals surface area (Å²) < 4.78 is 4.48. The van der Waals surface area contributed by atoms with Crippen LogP contribution < -0.4 is 0 Å². The quantitative estimate of drug-likeness (QED) is 0.155. The summed E-state index contributed by atoms with van der Waals surface area (Å²) in [5.41, 5.74) is 16.5. The molecule has 0 atom stereocenters. The van der Waals surface area contributed by atoms with Gasteiger partial charge in [0.1, 0.15) is 11.6 Å². The van der Waals surface area contributed by atoms with Crippen LogP contribution in [0.4, 0.5) is 0 Å². The van der Waals surface area contributed by atoms with Gasteiger partial charge >= 0.3 is 0 Å². The Kier molecular flexibility index (Phi) is 8.75. The van der Waals surface area contributed by atoms with Crippen molar-refractivity contribution in [1.82, 2.24) is 24.1 Å². The lowest BCUT2D eigenvalue weighted by molar-refractivity contribution is 1.10. The average molecular weight is 768 g/mol. The monoisotopic (exact) mass is 767 g/mol. The molecule has 3 heterocycles. The van der Waals surface area contributed by atoms with Gasteiger partial charge in [-0.2, -0.15) is 0 Å². The van der Waals surface area contributed by atoms with Crippen molar-refractivity contribution in [2.45, 2.75) is 0 Å². The smallest absolute Gasteiger partial charge is 0.145 e. The molecule has 282 valence electrons. The van der Waals surface area contributed by atoms with Crippen molar-refractivity contribution in [3.8, 4) is 78.9 Å². The molecule has 0 bridgehead atoms. The first-order chi connectivity index (χ1) is 29.8. The maximum absolute atomic E-state index is 5.63. The molecular weight excluding hydrogens is 731 g/mol. The van der Waals surface area contributed by atoms with Crippen molar-refractivity contribution in [1.29, 1.82) is 0 Å². The molecule has 0 N–H and O–H groups in total. The van der Waals surface area contributed by atoms with Crippen molar-refractivity contribution in [2.24, 2.45) is 0 Å². The molecule has 0 amide bonds. The third-order valence-corrected chi connectivity index (χ3v) is 11.2. The van der Waals surface area contributed by atoms with E-state index in [0.29, 0.717) is 0 Å². The molecule has 60 heavy (non-hydrogen) atoms. The van der Waals surface area contributed by atoms with Crippen molar-refractivity contribution in [3.63, 3.8) is 0 Å². The lowest BCUT2D eigenvalue weighted by Gasteiger charge is -2.18. The molecule has 0 radical (unpaired) electrons. The number of benzene rings is 8. The first-order valence-corrected chi connectivity index (χ1v) is 20.2. The molecule has 5 heteroatoms. The Morgan fingerprint density at radius 2 is 0.600 bits per heavy atom. The van der Waals surface area contributed by atoms with Gasteiger partial charge in [0.2, 0.25) is 0 Å². The van der Waals surface area contributed by atoms with Crippen molar-refractivity contribution < 1.29 is 0 Å². The molecule has 5 nitrogen and oxygen atoms in total. The molecule has 0 saturated carbocycles. The second-order valence-electron chi connectivity index (χ2n) is 14.9. The zero-order valence-corrected chi connectivity index (χ0v) is 32.6. The van der Waals surface area contributed by atoms with Crippen molar-refractivity contribution >= 4 is 22.1 Å². The third-order valence-electron chi connectivity index (χ3n) is 11.2. The predicted octanol–water partition coefficient (Wildman–Crippen LogP) is 13.8. The van der Waals surface area contributed by atoms with E-state index in [1.54, 1.807) is 0 Å². The van der Waals surface area contributed by atoms with Gasteiger partial charge in [-0.1, -0.05) is 170 Å². The van der Waals surface area contributed by atoms with Gasteiger partial charge in [-0.25, -0.2) is 15.0 Å². The van der Waals surface area contributed by atoms with E-state index in [1.165, 1.54) is 0 Å². The number of fused-ring (bicyclic) bond motifs is 2. The minimum absolute atomic E-state index is 0.895. The van der Waals surface area contributed by atoms with E-state index in [4.69, 9.17) is 15.0 Å². The summed E-state index contributed by atoms with van der Waals surface area (Å²) in [5, 5.41) is 0. The zero-order valence-electron chi connectivity index (χ0n) is 32.6. The third kappa shape index (κ3) is 6.26. The molecule has 11 aromatic rings. The highest BCUT2D eigenvalue weighted by Gasteiger charge is 2.20. The van der Waals surface area contributed by atoms with Gasteiger partial charge in [0, 0.05) is 44.8 Å². The zero-order chi connectivity index (χ0) is 39.8. The normalized spacial score (nSPS) is 11.3. The Bertz CT molecular complexity index is 3040. The molecule has 0 saturated heterocycles. The van der Waals surface area contributed by atoms with Crippen LogP contribution in [0.15, 0.2) is 224 Å². The standard InChI is InChI=1S/C55H37N5/c1-5-17-38(18-6-1)46-37-47(39-19-7-2-8-20-39)53(41-31-35-43(36-32-41)55-57-49-26-14-16-28-51(49)60(55)45-23-11-4-12-24-45)58-52(46)40-29-33-42(34-30-40)54-56-48-25-13-15-27-50(48)59(54)44-21-9-3-10-22-44/h1-37H. The fraction of sp³-hybridized carbons (Fsp3) is 0. The Labute approximate surface area is 348 Å². The summed E-state index contributed by atoms with van der Waals surface area (Å²) >= 11 is 0. The number of pyridine rings is 1. The first-order valence-electron chi connectivity index (χ1n) is 20.2. The molecule has 0 aliphatic rings. The van der Waals surface area contributed by atoms with E-state index in [0.717, 1.165) is 101 Å². The van der Waals surface area contributed by atoms with Crippen LogP contribution in [-0.4, -0.2) is 24.1 Å². The number of aromatic nitrogens is 5.